The van der Waals surface area contributed by atoms with E-state index in [0.717, 1.165) is 50.3 Å². The molecule has 0 unspecified atom stereocenters. The van der Waals surface area contributed by atoms with Crippen molar-refractivity contribution in [2.75, 3.05) is 26.2 Å². The molecule has 0 saturated carbocycles. The van der Waals surface area contributed by atoms with Crippen LogP contribution in [0.3, 0.4) is 0 Å². The van der Waals surface area contributed by atoms with Crippen LogP contribution in [0.25, 0.3) is 5.65 Å². The molecule has 2 aromatic heterocycles. The number of aromatic nitrogens is 2. The summed E-state index contributed by atoms with van der Waals surface area (Å²) < 4.78 is 7.72. The van der Waals surface area contributed by atoms with Crippen LogP contribution < -0.4 is 5.73 Å². The van der Waals surface area contributed by atoms with Crippen molar-refractivity contribution in [2.45, 2.75) is 31.8 Å². The van der Waals surface area contributed by atoms with E-state index in [1.165, 1.54) is 0 Å². The minimum atomic E-state index is 0.147. The van der Waals surface area contributed by atoms with Gasteiger partial charge in [-0.2, -0.15) is 0 Å². The fourth-order valence-corrected chi connectivity index (χ4v) is 2.94. The molecule has 6 nitrogen and oxygen atoms in total. The lowest BCUT2D eigenvalue weighted by Gasteiger charge is -2.31. The summed E-state index contributed by atoms with van der Waals surface area (Å²) in [7, 11) is 0. The van der Waals surface area contributed by atoms with Gasteiger partial charge in [-0.1, -0.05) is 6.07 Å². The van der Waals surface area contributed by atoms with E-state index < -0.39 is 0 Å². The number of piperidine rings is 1. The van der Waals surface area contributed by atoms with Crippen LogP contribution in [-0.4, -0.2) is 52.5 Å². The fourth-order valence-electron chi connectivity index (χ4n) is 2.94. The quantitative estimate of drug-likeness (QED) is 0.814. The predicted octanol–water partition coefficient (Wildman–Crippen LogP) is 1.23. The summed E-state index contributed by atoms with van der Waals surface area (Å²) in [5.41, 5.74) is 7.17. The molecule has 0 bridgehead atoms. The lowest BCUT2D eigenvalue weighted by Crippen LogP contribution is -2.41. The first-order chi connectivity index (χ1) is 11.3. The average Bonchev–Trinajstić information content (AvgIpc) is 2.98. The van der Waals surface area contributed by atoms with Gasteiger partial charge in [-0.05, 0) is 37.9 Å². The maximum atomic E-state index is 12.4. The van der Waals surface area contributed by atoms with Crippen LogP contribution in [0.5, 0.6) is 0 Å². The summed E-state index contributed by atoms with van der Waals surface area (Å²) >= 11 is 0. The topological polar surface area (TPSA) is 72.9 Å². The minimum Gasteiger partial charge on any atom is -0.378 e. The maximum absolute atomic E-state index is 12.4. The van der Waals surface area contributed by atoms with Gasteiger partial charge in [-0.15, -0.1) is 0 Å². The van der Waals surface area contributed by atoms with E-state index in [9.17, 15) is 4.79 Å². The van der Waals surface area contributed by atoms with Crippen LogP contribution in [0, 0.1) is 0 Å². The SMILES string of the molecule is NCCCOC1CCN(C(=O)Cc2cn3ccccc3n2)CC1. The second-order valence-corrected chi connectivity index (χ2v) is 5.97. The minimum absolute atomic E-state index is 0.147. The van der Waals surface area contributed by atoms with Crippen LogP contribution >= 0.6 is 0 Å². The Morgan fingerprint density at radius 2 is 2.17 bits per heavy atom. The zero-order chi connectivity index (χ0) is 16.1. The van der Waals surface area contributed by atoms with E-state index in [2.05, 4.69) is 4.98 Å². The van der Waals surface area contributed by atoms with Gasteiger partial charge in [0, 0.05) is 32.1 Å². The third kappa shape index (κ3) is 4.09. The number of hydrogen-bond donors (Lipinski definition) is 1. The molecule has 1 aliphatic heterocycles. The molecule has 0 radical (unpaired) electrons. The van der Waals surface area contributed by atoms with Gasteiger partial charge in [0.2, 0.25) is 5.91 Å². The van der Waals surface area contributed by atoms with Gasteiger partial charge in [0.1, 0.15) is 5.65 Å². The van der Waals surface area contributed by atoms with Crippen LogP contribution in [-0.2, 0) is 16.0 Å². The smallest absolute Gasteiger partial charge is 0.228 e. The molecule has 6 heteroatoms. The van der Waals surface area contributed by atoms with Crippen LogP contribution in [0.1, 0.15) is 25.0 Å². The lowest BCUT2D eigenvalue weighted by atomic mass is 10.1. The summed E-state index contributed by atoms with van der Waals surface area (Å²) in [5, 5.41) is 0. The Morgan fingerprint density at radius 3 is 2.91 bits per heavy atom. The Labute approximate surface area is 136 Å². The number of nitrogens with zero attached hydrogens (tertiary/aromatic N) is 3. The molecule has 1 saturated heterocycles. The Hall–Kier alpha value is -1.92. The number of ether oxygens (including phenoxy) is 1. The first kappa shape index (κ1) is 16.0. The standard InChI is InChI=1S/C17H24N4O2/c18-7-3-11-23-15-5-9-20(10-6-15)17(22)12-14-13-21-8-2-1-4-16(21)19-14/h1-2,4,8,13,15H,3,5-7,9-12,18H2. The maximum Gasteiger partial charge on any atom is 0.228 e. The second-order valence-electron chi connectivity index (χ2n) is 5.97. The van der Waals surface area contributed by atoms with Crippen LogP contribution in [0.15, 0.2) is 30.6 Å². The summed E-state index contributed by atoms with van der Waals surface area (Å²) in [6.45, 7) is 2.91. The molecule has 3 rings (SSSR count). The highest BCUT2D eigenvalue weighted by Crippen LogP contribution is 2.15. The molecule has 0 aromatic carbocycles. The number of hydrogen-bond acceptors (Lipinski definition) is 4. The van der Waals surface area contributed by atoms with Gasteiger partial charge in [-0.3, -0.25) is 4.79 Å². The summed E-state index contributed by atoms with van der Waals surface area (Å²) in [5.74, 6) is 0.147. The number of carbonyl (C=O) groups is 1. The Morgan fingerprint density at radius 1 is 1.35 bits per heavy atom. The van der Waals surface area contributed by atoms with E-state index in [0.29, 0.717) is 13.0 Å². The molecule has 1 aliphatic rings. The van der Waals surface area contributed by atoms with Gasteiger partial charge >= 0.3 is 0 Å². The van der Waals surface area contributed by atoms with Crippen LogP contribution in [0.4, 0.5) is 0 Å². The Bertz CT molecular complexity index is 614. The molecule has 1 fully saturated rings. The van der Waals surface area contributed by atoms with Gasteiger partial charge in [0.05, 0.1) is 18.2 Å². The largest absolute Gasteiger partial charge is 0.378 e. The number of fused-ring (bicyclic) bond motifs is 1. The van der Waals surface area contributed by atoms with Crippen molar-refractivity contribution in [3.8, 4) is 0 Å². The van der Waals surface area contributed by atoms with Gasteiger partial charge in [-0.25, -0.2) is 4.98 Å². The Kier molecular flexibility index (Phi) is 5.25. The molecule has 3 heterocycles. The molecular formula is C17H24N4O2. The lowest BCUT2D eigenvalue weighted by molar-refractivity contribution is -0.133. The highest BCUT2D eigenvalue weighted by atomic mass is 16.5. The van der Waals surface area contributed by atoms with Crippen molar-refractivity contribution < 1.29 is 9.53 Å². The third-order valence-electron chi connectivity index (χ3n) is 4.24. The van der Waals surface area contributed by atoms with Crippen molar-refractivity contribution in [3.63, 3.8) is 0 Å². The molecular weight excluding hydrogens is 292 g/mol. The first-order valence-electron chi connectivity index (χ1n) is 8.28. The summed E-state index contributed by atoms with van der Waals surface area (Å²) in [6.07, 6.45) is 7.20. The van der Waals surface area contributed by atoms with E-state index in [4.69, 9.17) is 10.5 Å². The van der Waals surface area contributed by atoms with E-state index in [1.807, 2.05) is 39.9 Å². The van der Waals surface area contributed by atoms with Gasteiger partial charge in [0.15, 0.2) is 0 Å². The van der Waals surface area contributed by atoms with Gasteiger partial charge in [0.25, 0.3) is 0 Å². The van der Waals surface area contributed by atoms with Crippen molar-refractivity contribution >= 4 is 11.6 Å². The predicted molar refractivity (Wildman–Crippen MR) is 88.1 cm³/mol. The highest BCUT2D eigenvalue weighted by molar-refractivity contribution is 5.78. The van der Waals surface area contributed by atoms with Crippen molar-refractivity contribution in [3.05, 3.63) is 36.3 Å². The number of pyridine rings is 1. The average molecular weight is 316 g/mol. The zero-order valence-corrected chi connectivity index (χ0v) is 13.4. The molecule has 124 valence electrons. The number of carbonyl (C=O) groups excluding carboxylic acids is 1. The molecule has 1 amide bonds. The molecule has 0 spiro atoms. The number of likely N-dealkylation sites (tertiary alicyclic amines) is 1. The van der Waals surface area contributed by atoms with E-state index in [1.54, 1.807) is 0 Å². The third-order valence-corrected chi connectivity index (χ3v) is 4.24. The van der Waals surface area contributed by atoms with Gasteiger partial charge < -0.3 is 19.8 Å². The Balaban J connectivity index is 1.49. The second kappa shape index (κ2) is 7.57. The molecule has 2 aromatic rings. The fraction of sp³-hybridized carbons (Fsp3) is 0.529. The first-order valence-corrected chi connectivity index (χ1v) is 8.28. The number of rotatable bonds is 6. The molecule has 23 heavy (non-hydrogen) atoms. The monoisotopic (exact) mass is 316 g/mol. The molecule has 0 aliphatic carbocycles. The van der Waals surface area contributed by atoms with Crippen molar-refractivity contribution in [2.24, 2.45) is 5.73 Å². The zero-order valence-electron chi connectivity index (χ0n) is 13.4. The number of nitrogens with two attached hydrogens (primary N) is 1. The van der Waals surface area contributed by atoms with Crippen molar-refractivity contribution in [1.29, 1.82) is 0 Å². The summed E-state index contributed by atoms with van der Waals surface area (Å²) in [4.78, 5) is 18.8. The number of amides is 1. The summed E-state index contributed by atoms with van der Waals surface area (Å²) in [6, 6.07) is 5.84. The van der Waals surface area contributed by atoms with Crippen molar-refractivity contribution in [1.82, 2.24) is 14.3 Å². The number of imidazole rings is 1. The highest BCUT2D eigenvalue weighted by Gasteiger charge is 2.23. The van der Waals surface area contributed by atoms with Crippen LogP contribution in [0.2, 0.25) is 0 Å². The van der Waals surface area contributed by atoms with E-state index in [-0.39, 0.29) is 12.0 Å². The van der Waals surface area contributed by atoms with E-state index >= 15 is 0 Å². The molecule has 2 N–H and O–H groups in total. The molecule has 0 atom stereocenters. The normalized spacial score (nSPS) is 16.1.